The van der Waals surface area contributed by atoms with Gasteiger partial charge in [0, 0.05) is 10.0 Å². The molecule has 0 radical (unpaired) electrons. The molecule has 0 aromatic heterocycles. The number of halogens is 3. The van der Waals surface area contributed by atoms with Gasteiger partial charge in [0.15, 0.2) is 0 Å². The molecule has 1 aliphatic heterocycles. The van der Waals surface area contributed by atoms with Crippen LogP contribution in [0.1, 0.15) is 39.7 Å². The molecule has 1 heterocycles. The van der Waals surface area contributed by atoms with E-state index in [0.29, 0.717) is 4.47 Å². The van der Waals surface area contributed by atoms with Crippen molar-refractivity contribution in [3.63, 3.8) is 0 Å². The zero-order valence-corrected chi connectivity index (χ0v) is 12.9. The molecule has 1 aliphatic rings. The largest absolute Gasteiger partial charge is 0.494 e. The van der Waals surface area contributed by atoms with Crippen molar-refractivity contribution in [1.82, 2.24) is 0 Å². The molecule has 0 bridgehead atoms. The van der Waals surface area contributed by atoms with E-state index in [1.165, 1.54) is 6.07 Å². The van der Waals surface area contributed by atoms with Gasteiger partial charge in [-0.15, -0.1) is 0 Å². The monoisotopic (exact) mass is 332 g/mol. The Balaban J connectivity index is 2.28. The highest BCUT2D eigenvalue weighted by Crippen LogP contribution is 2.37. The van der Waals surface area contributed by atoms with Crippen LogP contribution in [0.4, 0.5) is 8.78 Å². The van der Waals surface area contributed by atoms with Gasteiger partial charge in [0.2, 0.25) is 0 Å². The van der Waals surface area contributed by atoms with E-state index in [9.17, 15) is 8.78 Å². The Morgan fingerprint density at radius 3 is 2.05 bits per heavy atom. The van der Waals surface area contributed by atoms with Gasteiger partial charge in [0.05, 0.1) is 11.2 Å². The molecule has 2 nitrogen and oxygen atoms in total. The minimum Gasteiger partial charge on any atom is -0.399 e. The fourth-order valence-electron chi connectivity index (χ4n) is 1.85. The van der Waals surface area contributed by atoms with Gasteiger partial charge >= 0.3 is 7.12 Å². The van der Waals surface area contributed by atoms with E-state index in [2.05, 4.69) is 15.9 Å². The molecule has 2 rings (SSSR count). The molecule has 0 atom stereocenters. The van der Waals surface area contributed by atoms with Gasteiger partial charge in [-0.05, 0) is 39.2 Å². The van der Waals surface area contributed by atoms with Gasteiger partial charge in [-0.3, -0.25) is 0 Å². The van der Waals surface area contributed by atoms with Gasteiger partial charge < -0.3 is 9.31 Å². The maximum absolute atomic E-state index is 12.7. The van der Waals surface area contributed by atoms with Crippen molar-refractivity contribution in [2.75, 3.05) is 0 Å². The zero-order valence-electron chi connectivity index (χ0n) is 11.3. The number of benzene rings is 1. The fourth-order valence-corrected chi connectivity index (χ4v) is 2.42. The van der Waals surface area contributed by atoms with Crippen molar-refractivity contribution < 1.29 is 18.1 Å². The van der Waals surface area contributed by atoms with Crippen LogP contribution in [0, 0.1) is 0 Å². The van der Waals surface area contributed by atoms with E-state index in [1.54, 1.807) is 12.1 Å². The zero-order chi connectivity index (χ0) is 14.4. The van der Waals surface area contributed by atoms with Crippen molar-refractivity contribution in [2.45, 2.75) is 45.3 Å². The lowest BCUT2D eigenvalue weighted by Gasteiger charge is -2.32. The number of hydrogen-bond donors (Lipinski definition) is 0. The summed E-state index contributed by atoms with van der Waals surface area (Å²) in [4.78, 5) is 0. The van der Waals surface area contributed by atoms with E-state index in [1.807, 2.05) is 27.7 Å². The van der Waals surface area contributed by atoms with Gasteiger partial charge in [-0.1, -0.05) is 28.1 Å². The first kappa shape index (κ1) is 14.9. The molecule has 0 unspecified atom stereocenters. The number of hydrogen-bond acceptors (Lipinski definition) is 2. The van der Waals surface area contributed by atoms with Crippen molar-refractivity contribution >= 4 is 28.5 Å². The van der Waals surface area contributed by atoms with Crippen LogP contribution < -0.4 is 5.46 Å². The summed E-state index contributed by atoms with van der Waals surface area (Å²) in [5.41, 5.74) is -0.174. The number of rotatable bonds is 2. The second kappa shape index (κ2) is 4.83. The third kappa shape index (κ3) is 2.71. The highest BCUT2D eigenvalue weighted by atomic mass is 79.9. The van der Waals surface area contributed by atoms with Gasteiger partial charge in [-0.25, -0.2) is 8.78 Å². The Labute approximate surface area is 120 Å². The van der Waals surface area contributed by atoms with Gasteiger partial charge in [-0.2, -0.15) is 0 Å². The standard InChI is InChI=1S/C13H16BBrF2O2/c1-12(2)13(3,4)19-14(18-12)8-5-6-9(11(16)17)10(15)7-8/h5-7,11H,1-4H3. The summed E-state index contributed by atoms with van der Waals surface area (Å²) < 4.78 is 37.5. The van der Waals surface area contributed by atoms with Crippen molar-refractivity contribution in [3.8, 4) is 0 Å². The molecule has 1 aromatic carbocycles. The maximum Gasteiger partial charge on any atom is 0.494 e. The molecule has 0 N–H and O–H groups in total. The highest BCUT2D eigenvalue weighted by Gasteiger charge is 2.51. The quantitative estimate of drug-likeness (QED) is 0.769. The van der Waals surface area contributed by atoms with Crippen LogP contribution in [0.3, 0.4) is 0 Å². The minimum absolute atomic E-state index is 0.0275. The summed E-state index contributed by atoms with van der Waals surface area (Å²) in [6.45, 7) is 7.82. The Morgan fingerprint density at radius 2 is 1.63 bits per heavy atom. The Morgan fingerprint density at radius 1 is 1.11 bits per heavy atom. The first-order chi connectivity index (χ1) is 8.64. The third-order valence-electron chi connectivity index (χ3n) is 3.79. The molecular weight excluding hydrogens is 317 g/mol. The van der Waals surface area contributed by atoms with E-state index < -0.39 is 24.7 Å². The Kier molecular flexibility index (Phi) is 3.80. The first-order valence-corrected chi connectivity index (χ1v) is 6.86. The van der Waals surface area contributed by atoms with Crippen LogP contribution in [0.5, 0.6) is 0 Å². The minimum atomic E-state index is -2.50. The molecule has 0 amide bonds. The second-order valence-corrected chi connectivity index (χ2v) is 6.52. The topological polar surface area (TPSA) is 18.5 Å². The summed E-state index contributed by atoms with van der Waals surface area (Å²) in [5.74, 6) is 0. The molecule has 6 heteroatoms. The Bertz CT molecular complexity index is 476. The smallest absolute Gasteiger partial charge is 0.399 e. The summed E-state index contributed by atoms with van der Waals surface area (Å²) in [5, 5.41) is 0. The van der Waals surface area contributed by atoms with Crippen LogP contribution in [-0.2, 0) is 9.31 Å². The van der Waals surface area contributed by atoms with Crippen molar-refractivity contribution in [1.29, 1.82) is 0 Å². The predicted octanol–water partition coefficient (Wildman–Crippen LogP) is 3.69. The molecule has 104 valence electrons. The highest BCUT2D eigenvalue weighted by molar-refractivity contribution is 9.10. The predicted molar refractivity (Wildman–Crippen MR) is 74.8 cm³/mol. The molecule has 0 saturated carbocycles. The normalized spacial score (nSPS) is 21.2. The molecular formula is C13H16BBrF2O2. The van der Waals surface area contributed by atoms with Crippen molar-refractivity contribution in [2.24, 2.45) is 0 Å². The van der Waals surface area contributed by atoms with E-state index in [-0.39, 0.29) is 5.56 Å². The summed E-state index contributed by atoms with van der Waals surface area (Å²) in [6, 6.07) is 4.65. The van der Waals surface area contributed by atoms with Gasteiger partial charge in [0.25, 0.3) is 6.43 Å². The number of alkyl halides is 2. The van der Waals surface area contributed by atoms with E-state index in [0.717, 1.165) is 5.46 Å². The van der Waals surface area contributed by atoms with Gasteiger partial charge in [0.1, 0.15) is 0 Å². The van der Waals surface area contributed by atoms with Crippen LogP contribution in [0.25, 0.3) is 0 Å². The Hall–Kier alpha value is -0.455. The van der Waals surface area contributed by atoms with Crippen LogP contribution in [0.2, 0.25) is 0 Å². The lowest BCUT2D eigenvalue weighted by Crippen LogP contribution is -2.41. The SMILES string of the molecule is CC1(C)OB(c2ccc(C(F)F)c(Br)c2)OC1(C)C. The average Bonchev–Trinajstić information content (AvgIpc) is 2.47. The molecule has 1 aromatic rings. The molecule has 19 heavy (non-hydrogen) atoms. The summed E-state index contributed by atoms with van der Waals surface area (Å²) in [7, 11) is -0.534. The average molecular weight is 333 g/mol. The fraction of sp³-hybridized carbons (Fsp3) is 0.538. The molecule has 1 saturated heterocycles. The lowest BCUT2D eigenvalue weighted by atomic mass is 9.79. The van der Waals surface area contributed by atoms with Crippen LogP contribution in [0.15, 0.2) is 22.7 Å². The van der Waals surface area contributed by atoms with E-state index >= 15 is 0 Å². The summed E-state index contributed by atoms with van der Waals surface area (Å²) in [6.07, 6.45) is -2.50. The van der Waals surface area contributed by atoms with Crippen LogP contribution >= 0.6 is 15.9 Å². The van der Waals surface area contributed by atoms with Crippen molar-refractivity contribution in [3.05, 3.63) is 28.2 Å². The molecule has 1 fully saturated rings. The first-order valence-electron chi connectivity index (χ1n) is 6.07. The van der Waals surface area contributed by atoms with Crippen LogP contribution in [-0.4, -0.2) is 18.3 Å². The summed E-state index contributed by atoms with van der Waals surface area (Å²) >= 11 is 3.16. The maximum atomic E-state index is 12.7. The third-order valence-corrected chi connectivity index (χ3v) is 4.47. The molecule has 0 aliphatic carbocycles. The van der Waals surface area contributed by atoms with E-state index in [4.69, 9.17) is 9.31 Å². The second-order valence-electron chi connectivity index (χ2n) is 5.67. The molecule has 0 spiro atoms. The lowest BCUT2D eigenvalue weighted by molar-refractivity contribution is 0.00578.